The van der Waals surface area contributed by atoms with Gasteiger partial charge in [-0.25, -0.2) is 4.39 Å². The highest BCUT2D eigenvalue weighted by molar-refractivity contribution is 5.65. The van der Waals surface area contributed by atoms with Gasteiger partial charge in [-0.15, -0.1) is 0 Å². The van der Waals surface area contributed by atoms with Gasteiger partial charge in [-0.3, -0.25) is 4.68 Å². The second-order valence-electron chi connectivity index (χ2n) is 3.64. The summed E-state index contributed by atoms with van der Waals surface area (Å²) in [6, 6.07) is 6.71. The number of rotatable bonds is 3. The van der Waals surface area contributed by atoms with Gasteiger partial charge in [0.15, 0.2) is 0 Å². The molecule has 0 aliphatic carbocycles. The highest BCUT2D eigenvalue weighted by atomic mass is 19.1. The number of nitrogens with two attached hydrogens (primary N) is 1. The molecule has 0 saturated carbocycles. The molecule has 0 atom stereocenters. The van der Waals surface area contributed by atoms with Gasteiger partial charge in [0.25, 0.3) is 0 Å². The van der Waals surface area contributed by atoms with E-state index in [9.17, 15) is 4.39 Å². The largest absolute Gasteiger partial charge is 0.329 e. The van der Waals surface area contributed by atoms with Crippen LogP contribution >= 0.6 is 0 Å². The molecule has 16 heavy (non-hydrogen) atoms. The van der Waals surface area contributed by atoms with Crippen molar-refractivity contribution in [2.24, 2.45) is 5.73 Å². The fraction of sp³-hybridized carbons (Fsp3) is 0.250. The summed E-state index contributed by atoms with van der Waals surface area (Å²) in [5.74, 6) is -0.224. The Labute approximate surface area is 93.7 Å². The average molecular weight is 219 g/mol. The van der Waals surface area contributed by atoms with E-state index in [0.29, 0.717) is 18.7 Å². The van der Waals surface area contributed by atoms with Gasteiger partial charge in [0.05, 0.1) is 12.7 Å². The molecule has 0 radical (unpaired) electrons. The van der Waals surface area contributed by atoms with E-state index in [2.05, 4.69) is 5.10 Å². The molecule has 2 N–H and O–H groups in total. The molecular formula is C12H14FN3. The van der Waals surface area contributed by atoms with Crippen molar-refractivity contribution in [2.75, 3.05) is 6.54 Å². The van der Waals surface area contributed by atoms with Gasteiger partial charge in [0.2, 0.25) is 0 Å². The summed E-state index contributed by atoms with van der Waals surface area (Å²) < 4.78 is 15.4. The Morgan fingerprint density at radius 2 is 2.06 bits per heavy atom. The van der Waals surface area contributed by atoms with Crippen LogP contribution in [0, 0.1) is 12.7 Å². The molecule has 2 rings (SSSR count). The van der Waals surface area contributed by atoms with Gasteiger partial charge in [-0.05, 0) is 13.0 Å². The SMILES string of the molecule is Cc1c(-c2ccccc2F)cnn1CCN. The van der Waals surface area contributed by atoms with E-state index in [1.165, 1.54) is 6.07 Å². The minimum atomic E-state index is -0.224. The molecule has 3 nitrogen and oxygen atoms in total. The lowest BCUT2D eigenvalue weighted by atomic mass is 10.1. The van der Waals surface area contributed by atoms with Gasteiger partial charge in [0, 0.05) is 23.4 Å². The van der Waals surface area contributed by atoms with Crippen LogP contribution in [-0.2, 0) is 6.54 Å². The van der Waals surface area contributed by atoms with Crippen LogP contribution in [0.3, 0.4) is 0 Å². The van der Waals surface area contributed by atoms with Crippen LogP contribution in [0.2, 0.25) is 0 Å². The van der Waals surface area contributed by atoms with Crippen LogP contribution in [0.15, 0.2) is 30.5 Å². The fourth-order valence-corrected chi connectivity index (χ4v) is 1.74. The van der Waals surface area contributed by atoms with Gasteiger partial charge in [-0.1, -0.05) is 18.2 Å². The maximum Gasteiger partial charge on any atom is 0.131 e. The summed E-state index contributed by atoms with van der Waals surface area (Å²) >= 11 is 0. The second kappa shape index (κ2) is 4.45. The van der Waals surface area contributed by atoms with Crippen LogP contribution in [0.25, 0.3) is 11.1 Å². The molecule has 0 aliphatic heterocycles. The predicted molar refractivity (Wildman–Crippen MR) is 61.4 cm³/mol. The Balaban J connectivity index is 2.45. The molecule has 0 saturated heterocycles. The van der Waals surface area contributed by atoms with Crippen molar-refractivity contribution in [2.45, 2.75) is 13.5 Å². The molecule has 0 spiro atoms. The normalized spacial score (nSPS) is 10.7. The third-order valence-corrected chi connectivity index (χ3v) is 2.61. The molecule has 1 heterocycles. The third kappa shape index (κ3) is 1.84. The first kappa shape index (κ1) is 10.8. The van der Waals surface area contributed by atoms with Crippen LogP contribution in [0.1, 0.15) is 5.69 Å². The molecule has 0 amide bonds. The topological polar surface area (TPSA) is 43.8 Å². The van der Waals surface area contributed by atoms with E-state index in [-0.39, 0.29) is 5.82 Å². The van der Waals surface area contributed by atoms with E-state index in [4.69, 9.17) is 5.73 Å². The lowest BCUT2D eigenvalue weighted by molar-refractivity contribution is 0.608. The third-order valence-electron chi connectivity index (χ3n) is 2.61. The zero-order valence-electron chi connectivity index (χ0n) is 9.15. The number of benzene rings is 1. The van der Waals surface area contributed by atoms with Crippen LogP contribution in [-0.4, -0.2) is 16.3 Å². The van der Waals surface area contributed by atoms with Crippen LogP contribution in [0.5, 0.6) is 0 Å². The summed E-state index contributed by atoms with van der Waals surface area (Å²) in [4.78, 5) is 0. The maximum atomic E-state index is 13.6. The lowest BCUT2D eigenvalue weighted by Crippen LogP contribution is -2.12. The van der Waals surface area contributed by atoms with Crippen LogP contribution < -0.4 is 5.73 Å². The number of nitrogens with zero attached hydrogens (tertiary/aromatic N) is 2. The number of hydrogen-bond acceptors (Lipinski definition) is 2. The monoisotopic (exact) mass is 219 g/mol. The van der Waals surface area contributed by atoms with Gasteiger partial charge < -0.3 is 5.73 Å². The first-order valence-electron chi connectivity index (χ1n) is 5.21. The van der Waals surface area contributed by atoms with Crippen molar-refractivity contribution in [1.29, 1.82) is 0 Å². The van der Waals surface area contributed by atoms with Crippen molar-refractivity contribution < 1.29 is 4.39 Å². The first-order chi connectivity index (χ1) is 7.74. The Bertz CT molecular complexity index is 491. The highest BCUT2D eigenvalue weighted by Gasteiger charge is 2.11. The van der Waals surface area contributed by atoms with E-state index in [1.54, 1.807) is 23.0 Å². The summed E-state index contributed by atoms with van der Waals surface area (Å²) in [6.07, 6.45) is 1.68. The van der Waals surface area contributed by atoms with Crippen molar-refractivity contribution in [1.82, 2.24) is 9.78 Å². The van der Waals surface area contributed by atoms with Gasteiger partial charge in [-0.2, -0.15) is 5.10 Å². The quantitative estimate of drug-likeness (QED) is 0.857. The van der Waals surface area contributed by atoms with E-state index in [1.807, 2.05) is 13.0 Å². The standard InChI is InChI=1S/C12H14FN3/c1-9-11(8-15-16(9)7-6-14)10-4-2-3-5-12(10)13/h2-5,8H,6-7,14H2,1H3. The second-order valence-corrected chi connectivity index (χ2v) is 3.64. The van der Waals surface area contributed by atoms with Gasteiger partial charge >= 0.3 is 0 Å². The van der Waals surface area contributed by atoms with E-state index >= 15 is 0 Å². The van der Waals surface area contributed by atoms with E-state index in [0.717, 1.165) is 11.3 Å². The highest BCUT2D eigenvalue weighted by Crippen LogP contribution is 2.25. The zero-order valence-corrected chi connectivity index (χ0v) is 9.15. The number of hydrogen-bond donors (Lipinski definition) is 1. The molecule has 0 unspecified atom stereocenters. The number of halogens is 1. The summed E-state index contributed by atoms with van der Waals surface area (Å²) in [6.45, 7) is 3.10. The molecule has 0 bridgehead atoms. The Kier molecular flexibility index (Phi) is 3.01. The smallest absolute Gasteiger partial charge is 0.131 e. The average Bonchev–Trinajstić information content (AvgIpc) is 2.62. The molecule has 4 heteroatoms. The zero-order chi connectivity index (χ0) is 11.5. The maximum absolute atomic E-state index is 13.6. The minimum absolute atomic E-state index is 0.224. The molecule has 84 valence electrons. The Morgan fingerprint density at radius 3 is 2.75 bits per heavy atom. The van der Waals surface area contributed by atoms with Gasteiger partial charge in [0.1, 0.15) is 5.82 Å². The Morgan fingerprint density at radius 1 is 1.31 bits per heavy atom. The van der Waals surface area contributed by atoms with Crippen molar-refractivity contribution in [3.63, 3.8) is 0 Å². The molecular weight excluding hydrogens is 205 g/mol. The summed E-state index contributed by atoms with van der Waals surface area (Å²) in [5.41, 5.74) is 7.82. The Hall–Kier alpha value is -1.68. The lowest BCUT2D eigenvalue weighted by Gasteiger charge is -2.04. The molecule has 1 aromatic carbocycles. The molecule has 2 aromatic rings. The first-order valence-corrected chi connectivity index (χ1v) is 5.21. The van der Waals surface area contributed by atoms with Crippen molar-refractivity contribution >= 4 is 0 Å². The molecule has 0 aliphatic rings. The molecule has 1 aromatic heterocycles. The van der Waals surface area contributed by atoms with Crippen LogP contribution in [0.4, 0.5) is 4.39 Å². The van der Waals surface area contributed by atoms with Crippen molar-refractivity contribution in [3.8, 4) is 11.1 Å². The number of aromatic nitrogens is 2. The summed E-state index contributed by atoms with van der Waals surface area (Å²) in [7, 11) is 0. The fourth-order valence-electron chi connectivity index (χ4n) is 1.74. The predicted octanol–water partition coefficient (Wildman–Crippen LogP) is 1.96. The minimum Gasteiger partial charge on any atom is -0.329 e. The summed E-state index contributed by atoms with van der Waals surface area (Å²) in [5, 5.41) is 4.19. The van der Waals surface area contributed by atoms with E-state index < -0.39 is 0 Å². The molecule has 0 fully saturated rings. The van der Waals surface area contributed by atoms with Crippen molar-refractivity contribution in [3.05, 3.63) is 42.0 Å².